The molecule has 9 heteroatoms. The van der Waals surface area contributed by atoms with Crippen molar-refractivity contribution < 1.29 is 14.0 Å². The lowest BCUT2D eigenvalue weighted by Gasteiger charge is -2.40. The van der Waals surface area contributed by atoms with Gasteiger partial charge in [-0.1, -0.05) is 0 Å². The zero-order valence-electron chi connectivity index (χ0n) is 14.5. The number of carbonyl (C=O) groups excluding carboxylic acids is 2. The van der Waals surface area contributed by atoms with Gasteiger partial charge in [-0.15, -0.1) is 0 Å². The highest BCUT2D eigenvalue weighted by atomic mass is 16.3. The van der Waals surface area contributed by atoms with Crippen LogP contribution in [0.5, 0.6) is 0 Å². The van der Waals surface area contributed by atoms with Gasteiger partial charge in [-0.2, -0.15) is 10.4 Å². The van der Waals surface area contributed by atoms with Crippen molar-refractivity contribution in [3.05, 3.63) is 35.3 Å². The van der Waals surface area contributed by atoms with Gasteiger partial charge in [-0.3, -0.25) is 14.3 Å². The highest BCUT2D eigenvalue weighted by Crippen LogP contribution is 2.32. The van der Waals surface area contributed by atoms with Crippen LogP contribution in [0.2, 0.25) is 0 Å². The monoisotopic (exact) mass is 354 g/mol. The number of carbonyl (C=O) groups is 2. The Kier molecular flexibility index (Phi) is 3.76. The van der Waals surface area contributed by atoms with E-state index < -0.39 is 0 Å². The molecule has 2 atom stereocenters. The smallest absolute Gasteiger partial charge is 0.291 e. The fourth-order valence-electron chi connectivity index (χ4n) is 3.92. The summed E-state index contributed by atoms with van der Waals surface area (Å²) < 4.78 is 6.62. The molecule has 9 nitrogen and oxygen atoms in total. The van der Waals surface area contributed by atoms with Crippen molar-refractivity contribution in [2.45, 2.75) is 31.8 Å². The van der Waals surface area contributed by atoms with Gasteiger partial charge in [0.25, 0.3) is 11.8 Å². The number of hydrogen-bond acceptors (Lipinski definition) is 6. The van der Waals surface area contributed by atoms with Crippen LogP contribution in [0.1, 0.15) is 45.1 Å². The molecular weight excluding hydrogens is 336 g/mol. The number of likely N-dealkylation sites (tertiary alicyclic amines) is 1. The van der Waals surface area contributed by atoms with E-state index in [4.69, 9.17) is 4.42 Å². The summed E-state index contributed by atoms with van der Waals surface area (Å²) in [5.41, 5.74) is 1.14. The van der Waals surface area contributed by atoms with Gasteiger partial charge in [0.1, 0.15) is 6.07 Å². The van der Waals surface area contributed by atoms with Gasteiger partial charge in [-0.25, -0.2) is 4.98 Å². The highest BCUT2D eigenvalue weighted by molar-refractivity contribution is 5.97. The number of amides is 2. The summed E-state index contributed by atoms with van der Waals surface area (Å²) in [6.07, 6.45) is 4.37. The predicted octanol–water partition coefficient (Wildman–Crippen LogP) is 0.717. The highest BCUT2D eigenvalue weighted by Gasteiger charge is 2.45. The topological polar surface area (TPSA) is 108 Å². The van der Waals surface area contributed by atoms with Gasteiger partial charge in [0.05, 0.1) is 29.5 Å². The van der Waals surface area contributed by atoms with Crippen LogP contribution in [0.25, 0.3) is 0 Å². The molecule has 0 aromatic carbocycles. The molecule has 0 aliphatic carbocycles. The minimum atomic E-state index is -0.192. The van der Waals surface area contributed by atoms with E-state index in [1.807, 2.05) is 11.0 Å². The molecule has 2 bridgehead atoms. The largest absolute Gasteiger partial charge is 0.438 e. The molecule has 2 aliphatic rings. The number of fused-ring (bicyclic) bond motifs is 2. The molecule has 26 heavy (non-hydrogen) atoms. The third-order valence-electron chi connectivity index (χ3n) is 5.22. The Hall–Kier alpha value is -3.15. The second-order valence-electron chi connectivity index (χ2n) is 6.72. The number of nitrogens with zero attached hydrogens (tertiary/aromatic N) is 6. The van der Waals surface area contributed by atoms with Crippen LogP contribution >= 0.6 is 0 Å². The molecule has 2 aliphatic heterocycles. The van der Waals surface area contributed by atoms with Crippen molar-refractivity contribution in [2.24, 2.45) is 7.05 Å². The number of aromatic nitrogens is 3. The summed E-state index contributed by atoms with van der Waals surface area (Å²) in [5.74, 6) is -0.128. The second-order valence-corrected chi connectivity index (χ2v) is 6.72. The first-order valence-electron chi connectivity index (χ1n) is 8.45. The lowest BCUT2D eigenvalue weighted by atomic mass is 10.1. The Morgan fingerprint density at radius 1 is 1.27 bits per heavy atom. The average molecular weight is 354 g/mol. The molecule has 0 saturated carbocycles. The summed E-state index contributed by atoms with van der Waals surface area (Å²) in [6, 6.07) is 1.90. The molecule has 0 spiro atoms. The molecule has 0 N–H and O–H groups in total. The summed E-state index contributed by atoms with van der Waals surface area (Å²) in [5, 5.41) is 13.3. The third kappa shape index (κ3) is 2.37. The molecule has 2 aromatic rings. The Labute approximate surface area is 149 Å². The van der Waals surface area contributed by atoms with Gasteiger partial charge in [0.15, 0.2) is 12.1 Å². The predicted molar refractivity (Wildman–Crippen MR) is 88.0 cm³/mol. The van der Waals surface area contributed by atoms with Crippen LogP contribution in [0.15, 0.2) is 17.0 Å². The lowest BCUT2D eigenvalue weighted by molar-refractivity contribution is 0.0345. The second kappa shape index (κ2) is 5.98. The first-order valence-corrected chi connectivity index (χ1v) is 8.45. The lowest BCUT2D eigenvalue weighted by Crippen LogP contribution is -2.57. The molecule has 2 amide bonds. The van der Waals surface area contributed by atoms with E-state index in [0.29, 0.717) is 24.3 Å². The molecule has 2 fully saturated rings. The summed E-state index contributed by atoms with van der Waals surface area (Å²) >= 11 is 0. The molecule has 4 heterocycles. The van der Waals surface area contributed by atoms with Gasteiger partial charge >= 0.3 is 0 Å². The zero-order valence-corrected chi connectivity index (χ0v) is 14.5. The Morgan fingerprint density at radius 3 is 2.54 bits per heavy atom. The Morgan fingerprint density at radius 2 is 1.96 bits per heavy atom. The van der Waals surface area contributed by atoms with Crippen molar-refractivity contribution in [3.63, 3.8) is 0 Å². The number of aryl methyl sites for hydroxylation is 2. The number of nitriles is 1. The average Bonchev–Trinajstić information content (AvgIpc) is 3.29. The number of oxazole rings is 1. The van der Waals surface area contributed by atoms with E-state index in [1.54, 1.807) is 18.9 Å². The number of piperazine rings is 1. The van der Waals surface area contributed by atoms with Crippen LogP contribution in [-0.4, -0.2) is 61.6 Å². The molecule has 2 saturated heterocycles. The minimum Gasteiger partial charge on any atom is -0.438 e. The van der Waals surface area contributed by atoms with Crippen molar-refractivity contribution in [1.29, 1.82) is 5.26 Å². The SMILES string of the molecule is Cc1ncoc1C(=O)N1CC2CCC(C1)N2C(=O)c1cnn(C)c1C#N. The van der Waals surface area contributed by atoms with Gasteiger partial charge < -0.3 is 14.2 Å². The fraction of sp³-hybridized carbons (Fsp3) is 0.471. The standard InChI is InChI=1S/C17H18N6O3/c1-10-15(26-9-19-10)17(25)22-7-11-3-4-12(8-22)23(11)16(24)13-6-20-21(2)14(13)5-18/h6,9,11-12H,3-4,7-8H2,1-2H3. The first-order chi connectivity index (χ1) is 12.5. The van der Waals surface area contributed by atoms with Crippen LogP contribution in [0.3, 0.4) is 0 Å². The van der Waals surface area contributed by atoms with Crippen LogP contribution in [0.4, 0.5) is 0 Å². The van der Waals surface area contributed by atoms with Crippen LogP contribution in [-0.2, 0) is 7.05 Å². The van der Waals surface area contributed by atoms with Crippen molar-refractivity contribution in [3.8, 4) is 6.07 Å². The quantitative estimate of drug-likeness (QED) is 0.786. The van der Waals surface area contributed by atoms with Gasteiger partial charge in [0.2, 0.25) is 5.76 Å². The minimum absolute atomic E-state index is 0.0693. The third-order valence-corrected chi connectivity index (χ3v) is 5.22. The zero-order chi connectivity index (χ0) is 18.4. The maximum atomic E-state index is 13.0. The van der Waals surface area contributed by atoms with E-state index in [1.165, 1.54) is 17.3 Å². The molecule has 134 valence electrons. The summed E-state index contributed by atoms with van der Waals surface area (Å²) in [4.78, 5) is 33.2. The van der Waals surface area contributed by atoms with E-state index in [0.717, 1.165) is 12.8 Å². The fourth-order valence-corrected chi connectivity index (χ4v) is 3.92. The molecule has 2 aromatic heterocycles. The number of rotatable bonds is 2. The normalized spacial score (nSPS) is 21.7. The Balaban J connectivity index is 1.56. The molecular formula is C17H18N6O3. The van der Waals surface area contributed by atoms with Crippen molar-refractivity contribution in [1.82, 2.24) is 24.6 Å². The van der Waals surface area contributed by atoms with E-state index in [2.05, 4.69) is 10.1 Å². The molecule has 0 radical (unpaired) electrons. The maximum Gasteiger partial charge on any atom is 0.291 e. The summed E-state index contributed by atoms with van der Waals surface area (Å²) in [7, 11) is 1.64. The molecule has 4 rings (SSSR count). The molecule has 2 unspecified atom stereocenters. The van der Waals surface area contributed by atoms with Crippen molar-refractivity contribution in [2.75, 3.05) is 13.1 Å². The summed E-state index contributed by atoms with van der Waals surface area (Å²) in [6.45, 7) is 2.63. The van der Waals surface area contributed by atoms with E-state index >= 15 is 0 Å². The number of hydrogen-bond donors (Lipinski definition) is 0. The maximum absolute atomic E-state index is 13.0. The van der Waals surface area contributed by atoms with Crippen molar-refractivity contribution >= 4 is 11.8 Å². The van der Waals surface area contributed by atoms with Gasteiger partial charge in [0, 0.05) is 20.1 Å². The van der Waals surface area contributed by atoms with Gasteiger partial charge in [-0.05, 0) is 19.8 Å². The van der Waals surface area contributed by atoms with Crippen LogP contribution < -0.4 is 0 Å². The van der Waals surface area contributed by atoms with Crippen LogP contribution in [0, 0.1) is 18.3 Å². The van der Waals surface area contributed by atoms with E-state index in [-0.39, 0.29) is 35.4 Å². The first kappa shape index (κ1) is 16.3. The Bertz CT molecular complexity index is 909. The van der Waals surface area contributed by atoms with E-state index in [9.17, 15) is 14.9 Å².